The molecule has 1 saturated heterocycles. The molecule has 0 spiro atoms. The summed E-state index contributed by atoms with van der Waals surface area (Å²) in [4.78, 5) is 14.0. The van der Waals surface area contributed by atoms with Crippen LogP contribution in [0, 0.1) is 10.8 Å². The largest absolute Gasteiger partial charge is 0.314 e. The highest BCUT2D eigenvalue weighted by Gasteiger charge is 2.42. The molecule has 3 heteroatoms. The molecule has 0 amide bonds. The fourth-order valence-corrected chi connectivity index (χ4v) is 3.21. The van der Waals surface area contributed by atoms with Gasteiger partial charge in [0.2, 0.25) is 0 Å². The van der Waals surface area contributed by atoms with E-state index in [9.17, 15) is 4.79 Å². The Kier molecular flexibility index (Phi) is 3.93. The van der Waals surface area contributed by atoms with Gasteiger partial charge in [0.1, 0.15) is 6.29 Å². The fraction of sp³-hybridized carbons (Fsp3) is 0.800. The van der Waals surface area contributed by atoms with E-state index in [-0.39, 0.29) is 10.8 Å². The van der Waals surface area contributed by atoms with Crippen LogP contribution in [0.5, 0.6) is 0 Å². The number of carbonyl (C=O) groups is 1. The Bertz CT molecular complexity index is 331. The maximum absolute atomic E-state index is 11.5. The van der Waals surface area contributed by atoms with Crippen LogP contribution >= 0.6 is 0 Å². The van der Waals surface area contributed by atoms with Gasteiger partial charge in [-0.1, -0.05) is 32.9 Å². The van der Waals surface area contributed by atoms with E-state index in [1.807, 2.05) is 0 Å². The first kappa shape index (κ1) is 13.8. The van der Waals surface area contributed by atoms with Gasteiger partial charge in [-0.05, 0) is 18.3 Å². The third-order valence-electron chi connectivity index (χ3n) is 4.76. The minimum Gasteiger partial charge on any atom is -0.314 e. The first-order valence-corrected chi connectivity index (χ1v) is 7.14. The van der Waals surface area contributed by atoms with Crippen molar-refractivity contribution < 1.29 is 4.79 Å². The van der Waals surface area contributed by atoms with Gasteiger partial charge < -0.3 is 10.1 Å². The lowest BCUT2D eigenvalue weighted by Crippen LogP contribution is -2.55. The number of nitrogens with one attached hydrogen (secondary N) is 1. The molecule has 1 heterocycles. The number of hydrogen-bond donors (Lipinski definition) is 1. The number of allylic oxidation sites excluding steroid dienone is 1. The second-order valence-electron chi connectivity index (χ2n) is 6.37. The summed E-state index contributed by atoms with van der Waals surface area (Å²) in [7, 11) is 0. The normalized spacial score (nSPS) is 36.5. The molecule has 2 atom stereocenters. The van der Waals surface area contributed by atoms with Gasteiger partial charge in [-0.15, -0.1) is 0 Å². The van der Waals surface area contributed by atoms with Crippen LogP contribution in [0.25, 0.3) is 0 Å². The summed E-state index contributed by atoms with van der Waals surface area (Å²) in [6.45, 7) is 11.0. The quantitative estimate of drug-likeness (QED) is 0.613. The Balaban J connectivity index is 2.22. The number of nitrogens with zero attached hydrogens (tertiary/aromatic N) is 1. The number of aldehydes is 1. The average molecular weight is 250 g/mol. The molecule has 102 valence electrons. The zero-order valence-electron chi connectivity index (χ0n) is 11.9. The highest BCUT2D eigenvalue weighted by Crippen LogP contribution is 2.43. The SMILES string of the molecule is CCC1(C=O)C=CC(C)(C)C(N2CCNCC2)C1. The zero-order valence-corrected chi connectivity index (χ0v) is 11.9. The van der Waals surface area contributed by atoms with Crippen molar-refractivity contribution in [3.8, 4) is 0 Å². The highest BCUT2D eigenvalue weighted by atomic mass is 16.1. The van der Waals surface area contributed by atoms with Gasteiger partial charge in [-0.3, -0.25) is 4.90 Å². The molecule has 18 heavy (non-hydrogen) atoms. The van der Waals surface area contributed by atoms with E-state index in [2.05, 4.69) is 43.1 Å². The third kappa shape index (κ3) is 2.52. The lowest BCUT2D eigenvalue weighted by atomic mass is 9.66. The van der Waals surface area contributed by atoms with Crippen LogP contribution < -0.4 is 5.32 Å². The van der Waals surface area contributed by atoms with Crippen molar-refractivity contribution >= 4 is 6.29 Å². The van der Waals surface area contributed by atoms with Crippen molar-refractivity contribution in [2.75, 3.05) is 26.2 Å². The lowest BCUT2D eigenvalue weighted by Gasteiger charge is -2.48. The van der Waals surface area contributed by atoms with Crippen LogP contribution in [0.1, 0.15) is 33.6 Å². The van der Waals surface area contributed by atoms with E-state index in [1.165, 1.54) is 0 Å². The molecule has 0 aromatic carbocycles. The maximum Gasteiger partial charge on any atom is 0.129 e. The molecular weight excluding hydrogens is 224 g/mol. The van der Waals surface area contributed by atoms with Crippen LogP contribution in [0.4, 0.5) is 0 Å². The molecule has 0 radical (unpaired) electrons. The minimum atomic E-state index is -0.231. The van der Waals surface area contributed by atoms with Gasteiger partial charge in [-0.2, -0.15) is 0 Å². The number of hydrogen-bond acceptors (Lipinski definition) is 3. The second-order valence-corrected chi connectivity index (χ2v) is 6.37. The van der Waals surface area contributed by atoms with Crippen molar-refractivity contribution in [1.82, 2.24) is 10.2 Å². The molecular formula is C15H26N2O. The summed E-state index contributed by atoms with van der Waals surface area (Å²) in [6.07, 6.45) is 7.45. The van der Waals surface area contributed by atoms with Crippen molar-refractivity contribution in [2.24, 2.45) is 10.8 Å². The van der Waals surface area contributed by atoms with Gasteiger partial charge in [0.15, 0.2) is 0 Å². The van der Waals surface area contributed by atoms with E-state index in [0.717, 1.165) is 45.3 Å². The van der Waals surface area contributed by atoms with Crippen LogP contribution in [0.3, 0.4) is 0 Å². The molecule has 0 saturated carbocycles. The molecule has 1 N–H and O–H groups in total. The standard InChI is InChI=1S/C15H26N2O/c1-4-15(12-18)6-5-14(2,3)13(11-15)17-9-7-16-8-10-17/h5-6,12-13,16H,4,7-11H2,1-3H3. The zero-order chi connectivity index (χ0) is 13.2. The monoisotopic (exact) mass is 250 g/mol. The molecule has 2 aliphatic rings. The van der Waals surface area contributed by atoms with Gasteiger partial charge >= 0.3 is 0 Å². The van der Waals surface area contributed by atoms with E-state index in [4.69, 9.17) is 0 Å². The predicted octanol–water partition coefficient (Wildman–Crippen LogP) is 1.84. The molecule has 0 aromatic heterocycles. The average Bonchev–Trinajstić information content (AvgIpc) is 2.40. The molecule has 0 bridgehead atoms. The Hall–Kier alpha value is -0.670. The van der Waals surface area contributed by atoms with E-state index < -0.39 is 0 Å². The third-order valence-corrected chi connectivity index (χ3v) is 4.76. The smallest absolute Gasteiger partial charge is 0.129 e. The Morgan fingerprint density at radius 2 is 2.00 bits per heavy atom. The van der Waals surface area contributed by atoms with Gasteiger partial charge in [-0.25, -0.2) is 0 Å². The van der Waals surface area contributed by atoms with E-state index in [0.29, 0.717) is 6.04 Å². The topological polar surface area (TPSA) is 32.3 Å². The van der Waals surface area contributed by atoms with Gasteiger partial charge in [0.25, 0.3) is 0 Å². The second kappa shape index (κ2) is 5.14. The van der Waals surface area contributed by atoms with Crippen molar-refractivity contribution in [1.29, 1.82) is 0 Å². The number of rotatable bonds is 3. The highest BCUT2D eigenvalue weighted by molar-refractivity contribution is 5.63. The summed E-state index contributed by atoms with van der Waals surface area (Å²) in [5.41, 5.74) is -0.0654. The van der Waals surface area contributed by atoms with Crippen molar-refractivity contribution in [2.45, 2.75) is 39.7 Å². The molecule has 2 unspecified atom stereocenters. The Morgan fingerprint density at radius 1 is 1.33 bits per heavy atom. The van der Waals surface area contributed by atoms with E-state index in [1.54, 1.807) is 0 Å². The Morgan fingerprint density at radius 3 is 2.56 bits per heavy atom. The first-order chi connectivity index (χ1) is 8.53. The van der Waals surface area contributed by atoms with Gasteiger partial charge in [0.05, 0.1) is 0 Å². The van der Waals surface area contributed by atoms with Crippen LogP contribution in [-0.4, -0.2) is 43.4 Å². The van der Waals surface area contributed by atoms with E-state index >= 15 is 0 Å². The molecule has 3 nitrogen and oxygen atoms in total. The summed E-state index contributed by atoms with van der Waals surface area (Å²) in [5, 5.41) is 3.40. The van der Waals surface area contributed by atoms with Crippen LogP contribution in [-0.2, 0) is 4.79 Å². The Labute approximate surface area is 111 Å². The van der Waals surface area contributed by atoms with Gasteiger partial charge in [0, 0.05) is 37.6 Å². The molecule has 1 fully saturated rings. The summed E-state index contributed by atoms with van der Waals surface area (Å²) in [5.74, 6) is 0. The summed E-state index contributed by atoms with van der Waals surface area (Å²) in [6, 6.07) is 0.481. The predicted molar refractivity (Wildman–Crippen MR) is 74.6 cm³/mol. The van der Waals surface area contributed by atoms with Crippen molar-refractivity contribution in [3.05, 3.63) is 12.2 Å². The summed E-state index contributed by atoms with van der Waals surface area (Å²) >= 11 is 0. The van der Waals surface area contributed by atoms with Crippen LogP contribution in [0.15, 0.2) is 12.2 Å². The van der Waals surface area contributed by atoms with Crippen LogP contribution in [0.2, 0.25) is 0 Å². The minimum absolute atomic E-state index is 0.166. The molecule has 2 rings (SSSR count). The number of piperazine rings is 1. The number of carbonyl (C=O) groups excluding carboxylic acids is 1. The lowest BCUT2D eigenvalue weighted by molar-refractivity contribution is -0.116. The molecule has 0 aromatic rings. The fourth-order valence-electron chi connectivity index (χ4n) is 3.21. The molecule has 1 aliphatic carbocycles. The maximum atomic E-state index is 11.5. The van der Waals surface area contributed by atoms with Crippen molar-refractivity contribution in [3.63, 3.8) is 0 Å². The molecule has 1 aliphatic heterocycles. The first-order valence-electron chi connectivity index (χ1n) is 7.14. The summed E-state index contributed by atoms with van der Waals surface area (Å²) < 4.78 is 0.